The number of anilines is 3. The van der Waals surface area contributed by atoms with Crippen LogP contribution in [0.5, 0.6) is 11.5 Å². The maximum Gasteiger partial charge on any atom is 0.254 e. The van der Waals surface area contributed by atoms with Crippen molar-refractivity contribution in [1.29, 1.82) is 0 Å². The zero-order chi connectivity index (χ0) is 27.4. The summed E-state index contributed by atoms with van der Waals surface area (Å²) in [5, 5.41) is 9.02. The predicted molar refractivity (Wildman–Crippen MR) is 146 cm³/mol. The molecule has 2 heterocycles. The molecular formula is C27H30ClFN6O3. The van der Waals surface area contributed by atoms with Gasteiger partial charge in [-0.25, -0.2) is 14.4 Å². The number of aryl methyl sites for hydroxylation is 1. The second-order valence-electron chi connectivity index (χ2n) is 8.98. The number of nitrogens with one attached hydrogen (secondary N) is 3. The first-order chi connectivity index (χ1) is 18.2. The number of amides is 1. The van der Waals surface area contributed by atoms with Crippen molar-refractivity contribution in [2.75, 3.05) is 30.9 Å². The molecule has 200 valence electrons. The van der Waals surface area contributed by atoms with Crippen LogP contribution in [-0.2, 0) is 6.61 Å². The molecule has 9 nitrogen and oxygen atoms in total. The first-order valence-electron chi connectivity index (χ1n) is 12.0. The van der Waals surface area contributed by atoms with E-state index in [0.717, 1.165) is 29.2 Å². The summed E-state index contributed by atoms with van der Waals surface area (Å²) in [5.74, 6) is -0.538. The summed E-state index contributed by atoms with van der Waals surface area (Å²) in [6.45, 7) is 6.91. The van der Waals surface area contributed by atoms with Gasteiger partial charge in [-0.3, -0.25) is 4.79 Å². The van der Waals surface area contributed by atoms with Crippen molar-refractivity contribution in [3.63, 3.8) is 0 Å². The number of aromatic nitrogens is 2. The van der Waals surface area contributed by atoms with E-state index in [1.54, 1.807) is 0 Å². The monoisotopic (exact) mass is 540 g/mol. The summed E-state index contributed by atoms with van der Waals surface area (Å²) in [6, 6.07) is 7.69. The van der Waals surface area contributed by atoms with E-state index in [-0.39, 0.29) is 28.5 Å². The summed E-state index contributed by atoms with van der Waals surface area (Å²) in [7, 11) is 2.79. The molecular weight excluding hydrogens is 511 g/mol. The zero-order valence-corrected chi connectivity index (χ0v) is 22.6. The maximum absolute atomic E-state index is 15.0. The second kappa shape index (κ2) is 11.6. The molecule has 4 rings (SSSR count). The molecule has 1 atom stereocenters. The van der Waals surface area contributed by atoms with Crippen molar-refractivity contribution in [3.05, 3.63) is 76.1 Å². The average Bonchev–Trinajstić information content (AvgIpc) is 2.88. The van der Waals surface area contributed by atoms with E-state index < -0.39 is 11.7 Å². The van der Waals surface area contributed by atoms with Crippen molar-refractivity contribution in [2.45, 2.75) is 33.4 Å². The van der Waals surface area contributed by atoms with Crippen LogP contribution in [-0.4, -0.2) is 42.6 Å². The molecule has 11 heteroatoms. The number of allylic oxidation sites excluding steroid dienone is 1. The minimum atomic E-state index is -0.783. The van der Waals surface area contributed by atoms with Gasteiger partial charge < -0.3 is 30.3 Å². The van der Waals surface area contributed by atoms with Gasteiger partial charge in [0.2, 0.25) is 5.95 Å². The van der Waals surface area contributed by atoms with Gasteiger partial charge in [0, 0.05) is 48.5 Å². The number of benzene rings is 2. The van der Waals surface area contributed by atoms with Crippen molar-refractivity contribution >= 4 is 34.8 Å². The highest BCUT2D eigenvalue weighted by atomic mass is 35.5. The first-order valence-corrected chi connectivity index (χ1v) is 12.4. The minimum absolute atomic E-state index is 0.00805. The Morgan fingerprint density at radius 1 is 1.26 bits per heavy atom. The highest BCUT2D eigenvalue weighted by molar-refractivity contribution is 6.33. The molecule has 0 unspecified atom stereocenters. The summed E-state index contributed by atoms with van der Waals surface area (Å²) >= 11 is 6.28. The lowest BCUT2D eigenvalue weighted by Gasteiger charge is -2.32. The molecule has 0 saturated carbocycles. The molecule has 3 N–H and O–H groups in total. The number of ether oxygens (including phenoxy) is 2. The summed E-state index contributed by atoms with van der Waals surface area (Å²) in [5.41, 5.74) is 4.02. The number of halogens is 2. The lowest BCUT2D eigenvalue weighted by Crippen LogP contribution is -2.41. The number of hydrogen-bond acceptors (Lipinski definition) is 8. The van der Waals surface area contributed by atoms with E-state index in [2.05, 4.69) is 63.9 Å². The van der Waals surface area contributed by atoms with Crippen molar-refractivity contribution in [1.82, 2.24) is 20.6 Å². The summed E-state index contributed by atoms with van der Waals surface area (Å²) in [6.07, 6.45) is 5.05. The van der Waals surface area contributed by atoms with Gasteiger partial charge in [0.25, 0.3) is 5.91 Å². The Morgan fingerprint density at radius 3 is 2.63 bits per heavy atom. The molecule has 0 radical (unpaired) electrons. The minimum Gasteiger partial charge on any atom is -0.495 e. The SMILES string of the molecule is CNC(=O)c1cc(OC)c(Cl)c(COc2cnc(Nc3ccc(N4C=C(C)N[C@@H](C)C4)c(C)c3)nc2)c1F. The predicted octanol–water partition coefficient (Wildman–Crippen LogP) is 4.93. The Morgan fingerprint density at radius 2 is 2.00 bits per heavy atom. The van der Waals surface area contributed by atoms with Gasteiger partial charge in [-0.2, -0.15) is 0 Å². The average molecular weight is 541 g/mol. The third kappa shape index (κ3) is 5.91. The molecule has 0 aliphatic carbocycles. The van der Waals surface area contributed by atoms with Gasteiger partial charge in [-0.05, 0) is 50.6 Å². The van der Waals surface area contributed by atoms with Crippen molar-refractivity contribution in [2.24, 2.45) is 0 Å². The summed E-state index contributed by atoms with van der Waals surface area (Å²) in [4.78, 5) is 22.9. The normalized spacial score (nSPS) is 14.9. The van der Waals surface area contributed by atoms with E-state index in [1.165, 1.54) is 32.6 Å². The first kappa shape index (κ1) is 27.0. The second-order valence-corrected chi connectivity index (χ2v) is 9.36. The molecule has 1 amide bonds. The molecule has 1 aliphatic heterocycles. The van der Waals surface area contributed by atoms with Gasteiger partial charge in [-0.1, -0.05) is 11.6 Å². The van der Waals surface area contributed by atoms with Crippen LogP contribution < -0.4 is 30.3 Å². The lowest BCUT2D eigenvalue weighted by atomic mass is 10.1. The van der Waals surface area contributed by atoms with Crippen molar-refractivity contribution < 1.29 is 18.7 Å². The van der Waals surface area contributed by atoms with Crippen LogP contribution in [0.15, 0.2) is 48.6 Å². The zero-order valence-electron chi connectivity index (χ0n) is 21.9. The number of carbonyl (C=O) groups excluding carboxylic acids is 1. The van der Waals surface area contributed by atoms with E-state index in [4.69, 9.17) is 21.1 Å². The van der Waals surface area contributed by atoms with E-state index in [1.807, 2.05) is 12.1 Å². The Kier molecular flexibility index (Phi) is 8.21. The Hall–Kier alpha value is -4.05. The smallest absolute Gasteiger partial charge is 0.254 e. The van der Waals surface area contributed by atoms with Gasteiger partial charge in [0.05, 0.1) is 30.1 Å². The van der Waals surface area contributed by atoms with E-state index >= 15 is 0 Å². The van der Waals surface area contributed by atoms with Crippen LogP contribution in [0.4, 0.5) is 21.7 Å². The molecule has 3 aromatic rings. The maximum atomic E-state index is 15.0. The van der Waals surface area contributed by atoms with Crippen LogP contribution >= 0.6 is 11.6 Å². The molecule has 0 fully saturated rings. The summed E-state index contributed by atoms with van der Waals surface area (Å²) < 4.78 is 25.8. The molecule has 38 heavy (non-hydrogen) atoms. The fraction of sp³-hybridized carbons (Fsp3) is 0.296. The van der Waals surface area contributed by atoms with Crippen LogP contribution in [0.1, 0.15) is 35.3 Å². The van der Waals surface area contributed by atoms with Crippen LogP contribution in [0.3, 0.4) is 0 Å². The largest absolute Gasteiger partial charge is 0.495 e. The molecule has 2 aromatic carbocycles. The van der Waals surface area contributed by atoms with Crippen LogP contribution in [0.25, 0.3) is 0 Å². The lowest BCUT2D eigenvalue weighted by molar-refractivity contribution is 0.0958. The molecule has 1 aromatic heterocycles. The van der Waals surface area contributed by atoms with E-state index in [0.29, 0.717) is 17.7 Å². The standard InChI is InChI=1S/C27H30ClFN6O3/c1-15-8-18(6-7-22(15)35-12-16(2)33-17(3)13-35)34-27-31-10-19(11-32-27)38-14-21-24(28)23(37-5)9-20(25(21)29)26(36)30-4/h6-12,17,33H,13-14H2,1-5H3,(H,30,36)(H,31,32,34)/t17-/m0/s1. The van der Waals surface area contributed by atoms with Crippen LogP contribution in [0, 0.1) is 12.7 Å². The van der Waals surface area contributed by atoms with Gasteiger partial charge in [0.1, 0.15) is 18.2 Å². The van der Waals surface area contributed by atoms with Gasteiger partial charge in [-0.15, -0.1) is 0 Å². The Bertz CT molecular complexity index is 1370. The highest BCUT2D eigenvalue weighted by Crippen LogP contribution is 2.33. The van der Waals surface area contributed by atoms with Gasteiger partial charge in [0.15, 0.2) is 5.75 Å². The third-order valence-electron chi connectivity index (χ3n) is 6.02. The molecule has 0 spiro atoms. The fourth-order valence-corrected chi connectivity index (χ4v) is 4.53. The Balaban J connectivity index is 1.44. The van der Waals surface area contributed by atoms with E-state index in [9.17, 15) is 9.18 Å². The molecule has 0 bridgehead atoms. The number of carbonyl (C=O) groups is 1. The fourth-order valence-electron chi connectivity index (χ4n) is 4.26. The number of rotatable bonds is 8. The number of nitrogens with zero attached hydrogens (tertiary/aromatic N) is 3. The highest BCUT2D eigenvalue weighted by Gasteiger charge is 2.22. The number of hydrogen-bond donors (Lipinski definition) is 3. The number of methoxy groups -OCH3 is 1. The quantitative estimate of drug-likeness (QED) is 0.370. The van der Waals surface area contributed by atoms with Crippen LogP contribution in [0.2, 0.25) is 5.02 Å². The molecule has 0 saturated heterocycles. The van der Waals surface area contributed by atoms with Gasteiger partial charge >= 0.3 is 0 Å². The molecule has 1 aliphatic rings. The Labute approximate surface area is 226 Å². The third-order valence-corrected chi connectivity index (χ3v) is 6.43. The van der Waals surface area contributed by atoms with Crippen molar-refractivity contribution in [3.8, 4) is 11.5 Å². The topological polar surface area (TPSA) is 101 Å².